The van der Waals surface area contributed by atoms with Gasteiger partial charge in [-0.1, -0.05) is 56.5 Å². The number of thioether (sulfide) groups is 1. The van der Waals surface area contributed by atoms with Crippen molar-refractivity contribution in [3.63, 3.8) is 0 Å². The van der Waals surface area contributed by atoms with E-state index in [0.29, 0.717) is 44.3 Å². The van der Waals surface area contributed by atoms with Gasteiger partial charge in [0.15, 0.2) is 0 Å². The van der Waals surface area contributed by atoms with Gasteiger partial charge in [-0.15, -0.1) is 11.8 Å². The van der Waals surface area contributed by atoms with E-state index in [1.807, 2.05) is 42.0 Å². The third-order valence-corrected chi connectivity index (χ3v) is 18.0. The van der Waals surface area contributed by atoms with Crippen LogP contribution in [0.25, 0.3) is 0 Å². The molecule has 0 aromatic heterocycles. The quantitative estimate of drug-likeness (QED) is 0.0725. The van der Waals surface area contributed by atoms with Crippen molar-refractivity contribution in [3.05, 3.63) is 89.5 Å². The third kappa shape index (κ3) is 11.9. The minimum atomic E-state index is -6.05. The van der Waals surface area contributed by atoms with Crippen LogP contribution in [0.15, 0.2) is 98.6 Å². The summed E-state index contributed by atoms with van der Waals surface area (Å²) in [6.45, 7) is 12.7. The highest BCUT2D eigenvalue weighted by Gasteiger charge is 2.49. The number of amides is 1. The molecule has 2 saturated heterocycles. The molecule has 66 heavy (non-hydrogen) atoms. The highest BCUT2D eigenvalue weighted by molar-refractivity contribution is 7.99. The smallest absolute Gasteiger partial charge is 0.380 e. The maximum absolute atomic E-state index is 14.2. The number of carbonyl (C=O) groups excluding carboxylic acids is 1. The number of sulfonamides is 1. The fourth-order valence-corrected chi connectivity index (χ4v) is 13.1. The van der Waals surface area contributed by atoms with Crippen molar-refractivity contribution in [2.75, 3.05) is 68.3 Å². The molecule has 2 heterocycles. The Kier molecular flexibility index (Phi) is 15.9. The van der Waals surface area contributed by atoms with Gasteiger partial charge >= 0.3 is 5.51 Å². The predicted molar refractivity (Wildman–Crippen MR) is 250 cm³/mol. The number of hydrogen-bond donors (Lipinski definition) is 2. The van der Waals surface area contributed by atoms with Crippen LogP contribution in [0.1, 0.15) is 82.5 Å². The van der Waals surface area contributed by atoms with Crippen molar-refractivity contribution in [1.29, 1.82) is 0 Å². The molecule has 0 radical (unpaired) electrons. The molecule has 3 aromatic rings. The van der Waals surface area contributed by atoms with Gasteiger partial charge in [0, 0.05) is 73.1 Å². The SMILES string of the molecule is CCC1C(C2=C(CN3CCN(c4ccc(C(=O)NS(=O)(=O)c5ccc(NC(CCN6CCCC6)CSc6ccccc6)c(S(=O)(=O)C(F)(F)F)c5)cc4)CC3)CCC(C)(C)C2)CC1C(F)F. The van der Waals surface area contributed by atoms with Crippen LogP contribution in [0, 0.1) is 23.2 Å². The molecule has 362 valence electrons. The molecule has 1 amide bonds. The summed E-state index contributed by atoms with van der Waals surface area (Å²) in [5.41, 5.74) is -2.38. The van der Waals surface area contributed by atoms with Gasteiger partial charge in [-0.05, 0) is 130 Å². The average molecular weight is 980 g/mol. The number of likely N-dealkylation sites (tertiary alicyclic amines) is 1. The van der Waals surface area contributed by atoms with Crippen LogP contribution in [0.2, 0.25) is 0 Å². The Morgan fingerprint density at radius 1 is 0.894 bits per heavy atom. The number of rotatable bonds is 18. The molecular formula is C48H62F5N5O5S3. The summed E-state index contributed by atoms with van der Waals surface area (Å²) >= 11 is 1.46. The zero-order valence-corrected chi connectivity index (χ0v) is 40.3. The zero-order chi connectivity index (χ0) is 47.4. The lowest BCUT2D eigenvalue weighted by Gasteiger charge is -2.49. The van der Waals surface area contributed by atoms with E-state index in [-0.39, 0.29) is 22.8 Å². The Labute approximate surface area is 391 Å². The number of sulfone groups is 1. The van der Waals surface area contributed by atoms with E-state index in [2.05, 4.69) is 33.9 Å². The fourth-order valence-electron chi connectivity index (χ4n) is 10.1. The van der Waals surface area contributed by atoms with Crippen LogP contribution in [-0.2, 0) is 19.9 Å². The summed E-state index contributed by atoms with van der Waals surface area (Å²) in [5, 5.41) is 3.00. The minimum absolute atomic E-state index is 0.0192. The molecule has 1 saturated carbocycles. The number of hydrogen-bond acceptors (Lipinski definition) is 10. The second-order valence-electron chi connectivity index (χ2n) is 19.0. The molecule has 4 aliphatic rings. The average Bonchev–Trinajstić information content (AvgIpc) is 3.79. The molecule has 0 bridgehead atoms. The summed E-state index contributed by atoms with van der Waals surface area (Å²) in [6, 6.07) is 17.7. The maximum Gasteiger partial charge on any atom is 0.501 e. The fraction of sp³-hybridized carbons (Fsp3) is 0.562. The lowest BCUT2D eigenvalue weighted by Crippen LogP contribution is -2.48. The molecule has 4 atom stereocenters. The predicted octanol–water partition coefficient (Wildman–Crippen LogP) is 9.71. The number of allylic oxidation sites excluding steroid dienone is 1. The first-order valence-corrected chi connectivity index (χ1v) is 27.0. The zero-order valence-electron chi connectivity index (χ0n) is 37.8. The molecule has 10 nitrogen and oxygen atoms in total. The lowest BCUT2D eigenvalue weighted by atomic mass is 9.57. The van der Waals surface area contributed by atoms with Gasteiger partial charge in [0.25, 0.3) is 25.8 Å². The van der Waals surface area contributed by atoms with Crippen LogP contribution in [0.4, 0.5) is 33.3 Å². The molecule has 4 unspecified atom stereocenters. The van der Waals surface area contributed by atoms with E-state index >= 15 is 0 Å². The largest absolute Gasteiger partial charge is 0.501 e. The summed E-state index contributed by atoms with van der Waals surface area (Å²) in [7, 11) is -10.9. The van der Waals surface area contributed by atoms with Crippen molar-refractivity contribution >= 4 is 48.9 Å². The summed E-state index contributed by atoms with van der Waals surface area (Å²) in [5.74, 6) is -0.916. The first-order valence-electron chi connectivity index (χ1n) is 23.0. The van der Waals surface area contributed by atoms with E-state index in [4.69, 9.17) is 0 Å². The van der Waals surface area contributed by atoms with Crippen molar-refractivity contribution < 1.29 is 43.6 Å². The van der Waals surface area contributed by atoms with Gasteiger partial charge in [-0.25, -0.2) is 30.3 Å². The Hall–Kier alpha value is -3.71. The Bertz CT molecular complexity index is 2410. The Balaban J connectivity index is 1.00. The van der Waals surface area contributed by atoms with E-state index < -0.39 is 65.1 Å². The van der Waals surface area contributed by atoms with E-state index in [1.165, 1.54) is 35.0 Å². The third-order valence-electron chi connectivity index (χ3n) is 14.0. The van der Waals surface area contributed by atoms with Gasteiger partial charge in [-0.3, -0.25) is 9.69 Å². The molecule has 2 N–H and O–H groups in total. The van der Waals surface area contributed by atoms with Gasteiger partial charge in [0.2, 0.25) is 6.43 Å². The number of anilines is 2. The number of carbonyl (C=O) groups is 1. The van der Waals surface area contributed by atoms with Crippen molar-refractivity contribution in [3.8, 4) is 0 Å². The molecule has 2 aliphatic carbocycles. The second kappa shape index (κ2) is 20.9. The van der Waals surface area contributed by atoms with Crippen LogP contribution in [0.3, 0.4) is 0 Å². The van der Waals surface area contributed by atoms with E-state index in [0.717, 1.165) is 94.0 Å². The second-order valence-corrected chi connectivity index (χ2v) is 23.7. The summed E-state index contributed by atoms with van der Waals surface area (Å²) < 4.78 is 125. The van der Waals surface area contributed by atoms with Gasteiger partial charge in [0.05, 0.1) is 10.6 Å². The first-order chi connectivity index (χ1) is 31.2. The van der Waals surface area contributed by atoms with Crippen LogP contribution in [-0.4, -0.2) is 109 Å². The van der Waals surface area contributed by atoms with Gasteiger partial charge in [-0.2, -0.15) is 13.2 Å². The molecule has 18 heteroatoms. The lowest BCUT2D eigenvalue weighted by molar-refractivity contribution is -0.0469. The molecule has 0 spiro atoms. The van der Waals surface area contributed by atoms with Crippen LogP contribution < -0.4 is 14.9 Å². The number of piperazine rings is 1. The van der Waals surface area contributed by atoms with Gasteiger partial charge < -0.3 is 15.1 Å². The summed E-state index contributed by atoms with van der Waals surface area (Å²) in [4.78, 5) is 19.0. The van der Waals surface area contributed by atoms with E-state index in [9.17, 15) is 43.6 Å². The standard InChI is InChI=1S/C48H62F5N5O5S3/c1-4-39-40(29-41(39)45(49)50)42-30-47(2,3)20-18-34(42)31-57-24-26-58(27-25-57)36-14-12-33(13-15-36)46(59)55-66(62,63)38-16-17-43(44(28-38)65(60,61)48(51,52)53)54-35(19-23-56-21-8-9-22-56)32-64-37-10-6-5-7-11-37/h5-7,10-17,28,35,39-41,45,54H,4,8-9,18-27,29-32H2,1-3H3,(H,55,59). The Morgan fingerprint density at radius 3 is 2.21 bits per heavy atom. The number of alkyl halides is 5. The highest BCUT2D eigenvalue weighted by atomic mass is 32.2. The minimum Gasteiger partial charge on any atom is -0.380 e. The summed E-state index contributed by atoms with van der Waals surface area (Å²) in [6.07, 6.45) is 4.59. The maximum atomic E-state index is 14.2. The van der Waals surface area contributed by atoms with Gasteiger partial charge in [0.1, 0.15) is 4.90 Å². The number of nitrogens with one attached hydrogen (secondary N) is 2. The van der Waals surface area contributed by atoms with E-state index in [1.54, 1.807) is 12.1 Å². The highest BCUT2D eigenvalue weighted by Crippen LogP contribution is 2.54. The molecular weight excluding hydrogens is 918 g/mol. The van der Waals surface area contributed by atoms with Crippen molar-refractivity contribution in [1.82, 2.24) is 14.5 Å². The molecule has 2 aliphatic heterocycles. The molecule has 7 rings (SSSR count). The number of nitrogens with zero attached hydrogens (tertiary/aromatic N) is 3. The first kappa shape index (κ1) is 50.2. The number of benzene rings is 3. The molecule has 3 fully saturated rings. The topological polar surface area (TPSA) is 119 Å². The van der Waals surface area contributed by atoms with Crippen LogP contribution in [0.5, 0.6) is 0 Å². The number of halogens is 5. The Morgan fingerprint density at radius 2 is 1.58 bits per heavy atom. The molecule has 3 aromatic carbocycles. The van der Waals surface area contributed by atoms with Crippen LogP contribution >= 0.6 is 11.8 Å². The van der Waals surface area contributed by atoms with Crippen molar-refractivity contribution in [2.24, 2.45) is 23.2 Å². The monoisotopic (exact) mass is 979 g/mol. The normalized spacial score (nSPS) is 22.6. The van der Waals surface area contributed by atoms with Crippen molar-refractivity contribution in [2.45, 2.75) is 105 Å².